The third-order valence-corrected chi connectivity index (χ3v) is 3.17. The first-order chi connectivity index (χ1) is 8.23. The molecule has 1 aliphatic rings. The van der Waals surface area contributed by atoms with Crippen LogP contribution in [0.25, 0.3) is 0 Å². The molecule has 0 aromatic carbocycles. The molecule has 1 heterocycles. The van der Waals surface area contributed by atoms with Crippen LogP contribution in [0.1, 0.15) is 27.7 Å². The summed E-state index contributed by atoms with van der Waals surface area (Å²) in [6.07, 6.45) is 0.139. The largest absolute Gasteiger partial charge is 0.480 e. The van der Waals surface area contributed by atoms with E-state index in [2.05, 4.69) is 5.32 Å². The highest BCUT2D eigenvalue weighted by atomic mass is 16.5. The van der Waals surface area contributed by atoms with Gasteiger partial charge >= 0.3 is 5.97 Å². The molecular formula is C12H22N2O4. The second-order valence-corrected chi connectivity index (χ2v) is 5.30. The molecule has 18 heavy (non-hydrogen) atoms. The van der Waals surface area contributed by atoms with E-state index >= 15 is 0 Å². The van der Waals surface area contributed by atoms with Gasteiger partial charge in [0.15, 0.2) is 0 Å². The molecule has 2 atom stereocenters. The summed E-state index contributed by atoms with van der Waals surface area (Å²) < 4.78 is 5.62. The fourth-order valence-electron chi connectivity index (χ4n) is 2.15. The van der Waals surface area contributed by atoms with Crippen molar-refractivity contribution in [3.63, 3.8) is 0 Å². The molecule has 104 valence electrons. The van der Waals surface area contributed by atoms with Crippen LogP contribution in [0.15, 0.2) is 0 Å². The van der Waals surface area contributed by atoms with E-state index < -0.39 is 11.5 Å². The van der Waals surface area contributed by atoms with Gasteiger partial charge in [-0.2, -0.15) is 0 Å². The Morgan fingerprint density at radius 3 is 2.28 bits per heavy atom. The van der Waals surface area contributed by atoms with Crippen molar-refractivity contribution in [2.24, 2.45) is 0 Å². The number of nitrogens with zero attached hydrogens (tertiary/aromatic N) is 1. The van der Waals surface area contributed by atoms with Gasteiger partial charge < -0.3 is 15.2 Å². The Morgan fingerprint density at radius 2 is 1.83 bits per heavy atom. The van der Waals surface area contributed by atoms with Crippen molar-refractivity contribution in [2.45, 2.75) is 45.4 Å². The number of rotatable bonds is 4. The van der Waals surface area contributed by atoms with Crippen LogP contribution in [-0.2, 0) is 14.3 Å². The molecule has 0 bridgehead atoms. The van der Waals surface area contributed by atoms with Gasteiger partial charge in [0.05, 0.1) is 17.7 Å². The Hall–Kier alpha value is -1.14. The number of aliphatic carboxylic acids is 1. The van der Waals surface area contributed by atoms with Crippen molar-refractivity contribution in [1.29, 1.82) is 0 Å². The molecule has 0 radical (unpaired) electrons. The minimum absolute atomic E-state index is 0.0697. The number of morpholine rings is 1. The molecule has 0 aliphatic carbocycles. The molecule has 0 aromatic heterocycles. The first-order valence-electron chi connectivity index (χ1n) is 6.14. The quantitative estimate of drug-likeness (QED) is 0.746. The standard InChI is InChI=1S/C12H22N2O4/c1-8-6-14(7-9(2)18-8)12(3,4)11(17)13-5-10(15)16/h8-9H,5-7H2,1-4H3,(H,13,17)(H,15,16). The molecule has 6 heteroatoms. The summed E-state index contributed by atoms with van der Waals surface area (Å²) in [6, 6.07) is 0. The average molecular weight is 258 g/mol. The maximum Gasteiger partial charge on any atom is 0.322 e. The number of carbonyl (C=O) groups is 2. The summed E-state index contributed by atoms with van der Waals surface area (Å²) in [7, 11) is 0. The maximum absolute atomic E-state index is 12.0. The molecule has 0 saturated carbocycles. The second kappa shape index (κ2) is 5.67. The van der Waals surface area contributed by atoms with E-state index in [1.807, 2.05) is 18.7 Å². The molecule has 6 nitrogen and oxygen atoms in total. The zero-order valence-electron chi connectivity index (χ0n) is 11.4. The van der Waals surface area contributed by atoms with Gasteiger partial charge in [0.2, 0.25) is 5.91 Å². The summed E-state index contributed by atoms with van der Waals surface area (Å²) in [6.45, 7) is 8.51. The van der Waals surface area contributed by atoms with E-state index in [0.29, 0.717) is 13.1 Å². The number of carbonyl (C=O) groups excluding carboxylic acids is 1. The topological polar surface area (TPSA) is 78.9 Å². The fourth-order valence-corrected chi connectivity index (χ4v) is 2.15. The summed E-state index contributed by atoms with van der Waals surface area (Å²) >= 11 is 0. The molecule has 1 aliphatic heterocycles. The van der Waals surface area contributed by atoms with Crippen LogP contribution in [0.3, 0.4) is 0 Å². The van der Waals surface area contributed by atoms with Crippen molar-refractivity contribution in [2.75, 3.05) is 19.6 Å². The lowest BCUT2D eigenvalue weighted by Gasteiger charge is -2.43. The smallest absolute Gasteiger partial charge is 0.322 e. The van der Waals surface area contributed by atoms with Gasteiger partial charge in [0.25, 0.3) is 0 Å². The monoisotopic (exact) mass is 258 g/mol. The van der Waals surface area contributed by atoms with E-state index in [9.17, 15) is 9.59 Å². The molecule has 2 unspecified atom stereocenters. The highest BCUT2D eigenvalue weighted by Gasteiger charge is 2.38. The van der Waals surface area contributed by atoms with Crippen LogP contribution in [0.2, 0.25) is 0 Å². The summed E-state index contributed by atoms with van der Waals surface area (Å²) in [5, 5.41) is 11.0. The lowest BCUT2D eigenvalue weighted by Crippen LogP contribution is -2.61. The first kappa shape index (κ1) is 14.9. The van der Waals surface area contributed by atoms with Crippen LogP contribution >= 0.6 is 0 Å². The van der Waals surface area contributed by atoms with Crippen molar-refractivity contribution in [1.82, 2.24) is 10.2 Å². The van der Waals surface area contributed by atoms with Gasteiger partial charge in [-0.1, -0.05) is 0 Å². The van der Waals surface area contributed by atoms with Gasteiger partial charge in [0, 0.05) is 13.1 Å². The minimum Gasteiger partial charge on any atom is -0.480 e. The Labute approximate surface area is 107 Å². The molecule has 1 amide bonds. The molecule has 0 spiro atoms. The SMILES string of the molecule is CC1CN(C(C)(C)C(=O)NCC(=O)O)CC(C)O1. The Balaban J connectivity index is 2.66. The van der Waals surface area contributed by atoms with Crippen LogP contribution in [0.4, 0.5) is 0 Å². The van der Waals surface area contributed by atoms with Gasteiger partial charge in [-0.3, -0.25) is 14.5 Å². The van der Waals surface area contributed by atoms with Crippen molar-refractivity contribution in [3.8, 4) is 0 Å². The lowest BCUT2D eigenvalue weighted by atomic mass is 9.99. The average Bonchev–Trinajstić information content (AvgIpc) is 2.24. The molecule has 1 saturated heterocycles. The van der Waals surface area contributed by atoms with E-state index in [1.54, 1.807) is 13.8 Å². The molecule has 0 aromatic rings. The van der Waals surface area contributed by atoms with Crippen molar-refractivity contribution < 1.29 is 19.4 Å². The van der Waals surface area contributed by atoms with Crippen LogP contribution in [-0.4, -0.2) is 59.3 Å². The number of nitrogens with one attached hydrogen (secondary N) is 1. The highest BCUT2D eigenvalue weighted by molar-refractivity contribution is 5.88. The van der Waals surface area contributed by atoms with Crippen molar-refractivity contribution in [3.05, 3.63) is 0 Å². The summed E-state index contributed by atoms with van der Waals surface area (Å²) in [5.74, 6) is -1.31. The first-order valence-corrected chi connectivity index (χ1v) is 6.14. The van der Waals surface area contributed by atoms with E-state index in [4.69, 9.17) is 9.84 Å². The molecule has 1 rings (SSSR count). The van der Waals surface area contributed by atoms with E-state index in [-0.39, 0.29) is 24.7 Å². The predicted octanol–water partition coefficient (Wildman–Crippen LogP) is 0.0750. The zero-order valence-corrected chi connectivity index (χ0v) is 11.4. The zero-order chi connectivity index (χ0) is 13.9. The van der Waals surface area contributed by atoms with Gasteiger partial charge in [-0.05, 0) is 27.7 Å². The van der Waals surface area contributed by atoms with Gasteiger partial charge in [-0.15, -0.1) is 0 Å². The van der Waals surface area contributed by atoms with Crippen LogP contribution in [0, 0.1) is 0 Å². The normalized spacial score (nSPS) is 25.8. The number of hydrogen-bond donors (Lipinski definition) is 2. The number of carboxylic acids is 1. The second-order valence-electron chi connectivity index (χ2n) is 5.30. The third-order valence-electron chi connectivity index (χ3n) is 3.17. The summed E-state index contributed by atoms with van der Waals surface area (Å²) in [4.78, 5) is 24.5. The molecule has 2 N–H and O–H groups in total. The van der Waals surface area contributed by atoms with Crippen molar-refractivity contribution >= 4 is 11.9 Å². The third kappa shape index (κ3) is 3.68. The Kier molecular flexibility index (Phi) is 4.70. The van der Waals surface area contributed by atoms with Crippen LogP contribution < -0.4 is 5.32 Å². The summed E-state index contributed by atoms with van der Waals surface area (Å²) in [5.41, 5.74) is -0.734. The Morgan fingerprint density at radius 1 is 1.33 bits per heavy atom. The number of carboxylic acid groups (broad SMARTS) is 1. The molecule has 1 fully saturated rings. The van der Waals surface area contributed by atoms with Crippen LogP contribution in [0.5, 0.6) is 0 Å². The highest BCUT2D eigenvalue weighted by Crippen LogP contribution is 2.21. The number of amides is 1. The van der Waals surface area contributed by atoms with Gasteiger partial charge in [-0.25, -0.2) is 0 Å². The predicted molar refractivity (Wildman–Crippen MR) is 66.3 cm³/mol. The number of ether oxygens (including phenoxy) is 1. The fraction of sp³-hybridized carbons (Fsp3) is 0.833. The lowest BCUT2D eigenvalue weighted by molar-refractivity contribution is -0.145. The molecular weight excluding hydrogens is 236 g/mol. The van der Waals surface area contributed by atoms with Gasteiger partial charge in [0.1, 0.15) is 6.54 Å². The van der Waals surface area contributed by atoms with E-state index in [1.165, 1.54) is 0 Å². The Bertz CT molecular complexity index is 320. The number of hydrogen-bond acceptors (Lipinski definition) is 4. The van der Waals surface area contributed by atoms with E-state index in [0.717, 1.165) is 0 Å². The minimum atomic E-state index is -1.04. The maximum atomic E-state index is 12.0.